The van der Waals surface area contributed by atoms with E-state index >= 15 is 0 Å². The Morgan fingerprint density at radius 2 is 0.976 bits per heavy atom. The molecule has 0 N–H and O–H groups in total. The van der Waals surface area contributed by atoms with Gasteiger partial charge in [0.1, 0.15) is 11.5 Å². The Kier molecular flexibility index (Phi) is 10.0. The Hall–Kier alpha value is -2.35. The Bertz CT molecular complexity index is 1230. The molecule has 0 amide bonds. The van der Waals surface area contributed by atoms with Gasteiger partial charge in [-0.05, 0) is 114 Å². The van der Waals surface area contributed by atoms with Crippen molar-refractivity contribution in [3.8, 4) is 17.2 Å². The first-order valence-electron chi connectivity index (χ1n) is 14.7. The predicted octanol–water partition coefficient (Wildman–Crippen LogP) is 7.99. The highest BCUT2D eigenvalue weighted by Gasteiger charge is 2.60. The van der Waals surface area contributed by atoms with Gasteiger partial charge in [0, 0.05) is 11.8 Å². The van der Waals surface area contributed by atoms with E-state index < -0.39 is 56.9 Å². The van der Waals surface area contributed by atoms with Crippen molar-refractivity contribution in [2.24, 2.45) is 11.8 Å². The first kappa shape index (κ1) is 34.1. The van der Waals surface area contributed by atoms with Gasteiger partial charge in [0.15, 0.2) is 5.75 Å². The lowest BCUT2D eigenvalue weighted by Crippen LogP contribution is -2.54. The highest BCUT2D eigenvalue weighted by atomic mass is 28.4. The van der Waals surface area contributed by atoms with Crippen molar-refractivity contribution in [2.45, 2.75) is 90.4 Å². The summed E-state index contributed by atoms with van der Waals surface area (Å²) in [4.78, 5) is 27.8. The topological polar surface area (TPSA) is 80.3 Å². The van der Waals surface area contributed by atoms with E-state index in [0.29, 0.717) is 11.5 Å². The summed E-state index contributed by atoms with van der Waals surface area (Å²) in [6.07, 6.45) is 0. The van der Waals surface area contributed by atoms with E-state index in [9.17, 15) is 9.59 Å². The molecule has 11 heteroatoms. The Labute approximate surface area is 256 Å². The molecule has 2 atom stereocenters. The lowest BCUT2D eigenvalue weighted by molar-refractivity contribution is -0.157. The third kappa shape index (κ3) is 9.07. The molecule has 232 valence electrons. The van der Waals surface area contributed by atoms with Crippen LogP contribution >= 0.6 is 0 Å². The summed E-state index contributed by atoms with van der Waals surface area (Å²) in [6, 6.07) is 13.6. The summed E-state index contributed by atoms with van der Waals surface area (Å²) < 4.78 is 30.4. The van der Waals surface area contributed by atoms with Crippen LogP contribution in [-0.2, 0) is 18.4 Å². The highest BCUT2D eigenvalue weighted by Crippen LogP contribution is 2.59. The van der Waals surface area contributed by atoms with Crippen molar-refractivity contribution in [3.63, 3.8) is 0 Å². The summed E-state index contributed by atoms with van der Waals surface area (Å²) in [7, 11) is -6.53. The zero-order valence-electron chi connectivity index (χ0n) is 27.7. The van der Waals surface area contributed by atoms with Gasteiger partial charge >= 0.3 is 0 Å². The van der Waals surface area contributed by atoms with Gasteiger partial charge in [0.25, 0.3) is 11.9 Å². The maximum atomic E-state index is 13.9. The van der Waals surface area contributed by atoms with Gasteiger partial charge in [0.2, 0.25) is 33.3 Å². The minimum atomic E-state index is -2.22. The average Bonchev–Trinajstić information content (AvgIpc) is 2.76. The van der Waals surface area contributed by atoms with Crippen LogP contribution in [-0.4, -0.2) is 52.3 Å². The van der Waals surface area contributed by atoms with E-state index in [1.54, 1.807) is 7.11 Å². The van der Waals surface area contributed by atoms with Gasteiger partial charge < -0.3 is 22.4 Å². The number of hydrogen-bond acceptors (Lipinski definition) is 7. The van der Waals surface area contributed by atoms with Gasteiger partial charge in [-0.2, -0.15) is 0 Å². The second-order valence-electron chi connectivity index (χ2n) is 15.1. The van der Waals surface area contributed by atoms with Crippen LogP contribution in [0.4, 0.5) is 0 Å². The number of hydrogen-bond donors (Lipinski definition) is 0. The maximum Gasteiger partial charge on any atom is 0.296 e. The normalized spacial score (nSPS) is 21.2. The molecule has 0 heterocycles. The standard InChI is InChI=1S/C31H50O7Si4/c1-34-25-20-22(16-19-24(25)36-40(5,6)7)27-28(30(32)37-41(8,9)10)26(29(27)31(33)38-42(11,12)13)21-14-17-23(18-15-21)35-39(2,3)4/h14-20,26-29H,1-13H3/t26?,27?,28-,29-/m1/s1. The summed E-state index contributed by atoms with van der Waals surface area (Å²) in [5.74, 6) is -0.462. The zero-order chi connectivity index (χ0) is 31.8. The fourth-order valence-corrected chi connectivity index (χ4v) is 8.47. The minimum absolute atomic E-state index is 0.273. The summed E-state index contributed by atoms with van der Waals surface area (Å²) in [6.45, 7) is 24.7. The molecule has 1 saturated carbocycles. The van der Waals surface area contributed by atoms with Crippen LogP contribution in [0.2, 0.25) is 78.6 Å². The van der Waals surface area contributed by atoms with Crippen LogP contribution in [0.5, 0.6) is 17.2 Å². The molecule has 0 saturated heterocycles. The average molecular weight is 647 g/mol. The molecule has 3 rings (SSSR count). The third-order valence-electron chi connectivity index (χ3n) is 6.58. The second-order valence-corrected chi connectivity index (χ2v) is 32.8. The van der Waals surface area contributed by atoms with Gasteiger partial charge in [-0.15, -0.1) is 0 Å². The molecule has 0 spiro atoms. The van der Waals surface area contributed by atoms with E-state index in [2.05, 4.69) is 39.3 Å². The lowest BCUT2D eigenvalue weighted by atomic mass is 9.52. The smallest absolute Gasteiger partial charge is 0.296 e. The number of benzene rings is 2. The largest absolute Gasteiger partial charge is 0.544 e. The first-order valence-corrected chi connectivity index (χ1v) is 28.3. The molecule has 0 aliphatic heterocycles. The quantitative estimate of drug-likeness (QED) is 0.229. The molecule has 1 fully saturated rings. The number of ether oxygens (including phenoxy) is 1. The van der Waals surface area contributed by atoms with Crippen molar-refractivity contribution < 1.29 is 32.0 Å². The van der Waals surface area contributed by atoms with E-state index in [1.807, 2.05) is 81.7 Å². The van der Waals surface area contributed by atoms with E-state index in [-0.39, 0.29) is 11.9 Å². The molecule has 0 radical (unpaired) electrons. The molecule has 2 aromatic carbocycles. The van der Waals surface area contributed by atoms with Crippen molar-refractivity contribution in [2.75, 3.05) is 7.11 Å². The molecule has 1 aliphatic carbocycles. The molecule has 2 aromatic rings. The Morgan fingerprint density at radius 3 is 1.38 bits per heavy atom. The van der Waals surface area contributed by atoms with Crippen molar-refractivity contribution in [1.82, 2.24) is 0 Å². The first-order chi connectivity index (χ1) is 19.1. The minimum Gasteiger partial charge on any atom is -0.544 e. The van der Waals surface area contributed by atoms with E-state index in [4.69, 9.17) is 22.4 Å². The van der Waals surface area contributed by atoms with E-state index in [1.165, 1.54) is 0 Å². The molecular formula is C31H50O7Si4. The maximum absolute atomic E-state index is 13.9. The van der Waals surface area contributed by atoms with Crippen LogP contribution in [0.15, 0.2) is 42.5 Å². The second kappa shape index (κ2) is 12.3. The van der Waals surface area contributed by atoms with Gasteiger partial charge in [-0.25, -0.2) is 0 Å². The van der Waals surface area contributed by atoms with Crippen LogP contribution in [0.25, 0.3) is 0 Å². The SMILES string of the molecule is COc1cc(C2[C@H](C(=O)O[Si](C)(C)C)C(c3ccc(O[Si](C)(C)C)cc3)[C@H]2C(=O)O[Si](C)(C)C)ccc1O[Si](C)(C)C. The predicted molar refractivity (Wildman–Crippen MR) is 179 cm³/mol. The molecule has 7 nitrogen and oxygen atoms in total. The molecular weight excluding hydrogens is 597 g/mol. The number of carbonyl (C=O) groups is 2. The monoisotopic (exact) mass is 646 g/mol. The molecule has 42 heavy (non-hydrogen) atoms. The lowest BCUT2D eigenvalue weighted by Gasteiger charge is -2.51. The Balaban J connectivity index is 2.15. The van der Waals surface area contributed by atoms with Crippen molar-refractivity contribution in [3.05, 3.63) is 53.6 Å². The number of carbonyl (C=O) groups excluding carboxylic acids is 2. The summed E-state index contributed by atoms with van der Waals surface area (Å²) in [5, 5.41) is 0. The van der Waals surface area contributed by atoms with Crippen LogP contribution in [0, 0.1) is 11.8 Å². The molecule has 0 unspecified atom stereocenters. The number of rotatable bonds is 11. The Morgan fingerprint density at radius 1 is 0.548 bits per heavy atom. The van der Waals surface area contributed by atoms with Crippen LogP contribution < -0.4 is 13.6 Å². The molecule has 0 aromatic heterocycles. The van der Waals surface area contributed by atoms with Crippen LogP contribution in [0.1, 0.15) is 23.0 Å². The summed E-state index contributed by atoms with van der Waals surface area (Å²) >= 11 is 0. The summed E-state index contributed by atoms with van der Waals surface area (Å²) in [5.41, 5.74) is 1.73. The third-order valence-corrected chi connectivity index (χ3v) is 9.89. The zero-order valence-corrected chi connectivity index (χ0v) is 31.7. The van der Waals surface area contributed by atoms with Crippen molar-refractivity contribution in [1.29, 1.82) is 0 Å². The highest BCUT2D eigenvalue weighted by molar-refractivity contribution is 6.72. The van der Waals surface area contributed by atoms with Crippen LogP contribution in [0.3, 0.4) is 0 Å². The molecule has 0 bridgehead atoms. The van der Waals surface area contributed by atoms with Gasteiger partial charge in [0.05, 0.1) is 18.9 Å². The number of methoxy groups -OCH3 is 1. The van der Waals surface area contributed by atoms with Gasteiger partial charge in [-0.3, -0.25) is 9.59 Å². The van der Waals surface area contributed by atoms with E-state index in [0.717, 1.165) is 16.9 Å². The fraction of sp³-hybridized carbons (Fsp3) is 0.548. The van der Waals surface area contributed by atoms with Gasteiger partial charge in [-0.1, -0.05) is 18.2 Å². The van der Waals surface area contributed by atoms with Crippen molar-refractivity contribution >= 4 is 45.2 Å². The molecule has 1 aliphatic rings. The fourth-order valence-electron chi connectivity index (χ4n) is 5.32.